The van der Waals surface area contributed by atoms with Gasteiger partial charge in [-0.2, -0.15) is 0 Å². The third-order valence-electron chi connectivity index (χ3n) is 4.87. The summed E-state index contributed by atoms with van der Waals surface area (Å²) in [6, 6.07) is 1.66. The SMILES string of the molecule is CC(C)C1CCCN1CCNC1CCCCCC1. The van der Waals surface area contributed by atoms with Gasteiger partial charge in [0.15, 0.2) is 0 Å². The Morgan fingerprint density at radius 3 is 2.39 bits per heavy atom. The van der Waals surface area contributed by atoms with E-state index in [4.69, 9.17) is 0 Å². The lowest BCUT2D eigenvalue weighted by Gasteiger charge is -2.28. The highest BCUT2D eigenvalue weighted by Crippen LogP contribution is 2.23. The van der Waals surface area contributed by atoms with Gasteiger partial charge in [0.1, 0.15) is 0 Å². The molecule has 0 bridgehead atoms. The zero-order valence-corrected chi connectivity index (χ0v) is 12.5. The van der Waals surface area contributed by atoms with E-state index in [2.05, 4.69) is 24.1 Å². The molecular formula is C16H32N2. The van der Waals surface area contributed by atoms with Gasteiger partial charge in [-0.3, -0.25) is 4.90 Å². The molecule has 2 aliphatic rings. The van der Waals surface area contributed by atoms with Crippen LogP contribution in [0.5, 0.6) is 0 Å². The first-order chi connectivity index (χ1) is 8.77. The van der Waals surface area contributed by atoms with Crippen molar-refractivity contribution in [3.63, 3.8) is 0 Å². The smallest absolute Gasteiger partial charge is 0.0119 e. The minimum atomic E-state index is 0.813. The van der Waals surface area contributed by atoms with Gasteiger partial charge in [0.25, 0.3) is 0 Å². The summed E-state index contributed by atoms with van der Waals surface area (Å²) in [5, 5.41) is 3.81. The molecule has 18 heavy (non-hydrogen) atoms. The highest BCUT2D eigenvalue weighted by molar-refractivity contribution is 4.82. The molecule has 0 aromatic heterocycles. The minimum absolute atomic E-state index is 0.813. The van der Waals surface area contributed by atoms with E-state index in [9.17, 15) is 0 Å². The molecule has 0 radical (unpaired) electrons. The van der Waals surface area contributed by atoms with Crippen molar-refractivity contribution in [3.8, 4) is 0 Å². The first kappa shape index (κ1) is 14.3. The molecule has 2 heteroatoms. The molecule has 1 aliphatic heterocycles. The van der Waals surface area contributed by atoms with Gasteiger partial charge >= 0.3 is 0 Å². The summed E-state index contributed by atoms with van der Waals surface area (Å²) in [6.45, 7) is 8.55. The van der Waals surface area contributed by atoms with Crippen LogP contribution in [0.15, 0.2) is 0 Å². The highest BCUT2D eigenvalue weighted by atomic mass is 15.2. The summed E-state index contributed by atoms with van der Waals surface area (Å²) in [5.74, 6) is 0.824. The van der Waals surface area contributed by atoms with Crippen LogP contribution in [0.2, 0.25) is 0 Å². The minimum Gasteiger partial charge on any atom is -0.313 e. The Labute approximate surface area is 114 Å². The summed E-state index contributed by atoms with van der Waals surface area (Å²) in [6.07, 6.45) is 11.4. The van der Waals surface area contributed by atoms with E-state index in [1.807, 2.05) is 0 Å². The molecule has 1 heterocycles. The Morgan fingerprint density at radius 1 is 1.00 bits per heavy atom. The van der Waals surface area contributed by atoms with E-state index in [1.54, 1.807) is 0 Å². The Balaban J connectivity index is 1.65. The standard InChI is InChI=1S/C16H32N2/c1-14(2)16-10-7-12-18(16)13-11-17-15-8-5-3-4-6-9-15/h14-17H,3-13H2,1-2H3. The highest BCUT2D eigenvalue weighted by Gasteiger charge is 2.26. The van der Waals surface area contributed by atoms with Gasteiger partial charge in [0.2, 0.25) is 0 Å². The molecule has 1 aliphatic carbocycles. The molecule has 0 aromatic carbocycles. The normalized spacial score (nSPS) is 27.8. The molecule has 1 saturated carbocycles. The number of nitrogens with zero attached hydrogens (tertiary/aromatic N) is 1. The monoisotopic (exact) mass is 252 g/mol. The van der Waals surface area contributed by atoms with Gasteiger partial charge < -0.3 is 5.32 Å². The molecular weight excluding hydrogens is 220 g/mol. The van der Waals surface area contributed by atoms with Gasteiger partial charge in [-0.15, -0.1) is 0 Å². The van der Waals surface area contributed by atoms with Crippen LogP contribution in [0.4, 0.5) is 0 Å². The van der Waals surface area contributed by atoms with E-state index in [0.717, 1.165) is 18.0 Å². The zero-order valence-electron chi connectivity index (χ0n) is 12.5. The van der Waals surface area contributed by atoms with Crippen molar-refractivity contribution in [1.82, 2.24) is 10.2 Å². The lowest BCUT2D eigenvalue weighted by Crippen LogP contribution is -2.40. The van der Waals surface area contributed by atoms with Crippen LogP contribution in [0.25, 0.3) is 0 Å². The van der Waals surface area contributed by atoms with Gasteiger partial charge in [-0.1, -0.05) is 39.5 Å². The number of nitrogens with one attached hydrogen (secondary N) is 1. The predicted octanol–water partition coefficient (Wildman–Crippen LogP) is 3.42. The second-order valence-corrected chi connectivity index (χ2v) is 6.63. The average Bonchev–Trinajstić information content (AvgIpc) is 2.66. The number of hydrogen-bond donors (Lipinski definition) is 1. The molecule has 2 nitrogen and oxygen atoms in total. The number of likely N-dealkylation sites (tertiary alicyclic amines) is 1. The maximum Gasteiger partial charge on any atom is 0.0119 e. The fourth-order valence-electron chi connectivity index (χ4n) is 3.78. The molecule has 2 fully saturated rings. The molecule has 0 amide bonds. The van der Waals surface area contributed by atoms with Crippen LogP contribution in [0.3, 0.4) is 0 Å². The van der Waals surface area contributed by atoms with E-state index < -0.39 is 0 Å². The van der Waals surface area contributed by atoms with E-state index in [-0.39, 0.29) is 0 Å². The van der Waals surface area contributed by atoms with Crippen molar-refractivity contribution >= 4 is 0 Å². The van der Waals surface area contributed by atoms with Crippen LogP contribution in [-0.2, 0) is 0 Å². The molecule has 1 N–H and O–H groups in total. The molecule has 106 valence electrons. The topological polar surface area (TPSA) is 15.3 Å². The summed E-state index contributed by atoms with van der Waals surface area (Å²) >= 11 is 0. The number of hydrogen-bond acceptors (Lipinski definition) is 2. The first-order valence-electron chi connectivity index (χ1n) is 8.25. The lowest BCUT2D eigenvalue weighted by atomic mass is 10.0. The van der Waals surface area contributed by atoms with Crippen molar-refractivity contribution in [1.29, 1.82) is 0 Å². The summed E-state index contributed by atoms with van der Waals surface area (Å²) in [5.41, 5.74) is 0. The third-order valence-corrected chi connectivity index (χ3v) is 4.87. The van der Waals surface area contributed by atoms with Crippen LogP contribution >= 0.6 is 0 Å². The largest absolute Gasteiger partial charge is 0.313 e. The average molecular weight is 252 g/mol. The Hall–Kier alpha value is -0.0800. The second kappa shape index (κ2) is 7.49. The Kier molecular flexibility index (Phi) is 5.97. The second-order valence-electron chi connectivity index (χ2n) is 6.63. The van der Waals surface area contributed by atoms with Crippen molar-refractivity contribution in [3.05, 3.63) is 0 Å². The lowest BCUT2D eigenvalue weighted by molar-refractivity contribution is 0.204. The third kappa shape index (κ3) is 4.24. The zero-order chi connectivity index (χ0) is 12.8. The fraction of sp³-hybridized carbons (Fsp3) is 1.00. The predicted molar refractivity (Wildman–Crippen MR) is 78.9 cm³/mol. The molecule has 1 unspecified atom stereocenters. The van der Waals surface area contributed by atoms with Gasteiger partial charge in [0, 0.05) is 25.2 Å². The van der Waals surface area contributed by atoms with Gasteiger partial charge in [-0.05, 0) is 38.1 Å². The first-order valence-corrected chi connectivity index (χ1v) is 8.25. The maximum absolute atomic E-state index is 3.81. The Bertz CT molecular complexity index is 219. The van der Waals surface area contributed by atoms with Gasteiger partial charge in [0.05, 0.1) is 0 Å². The Morgan fingerprint density at radius 2 is 1.72 bits per heavy atom. The van der Waals surface area contributed by atoms with Crippen LogP contribution in [0, 0.1) is 5.92 Å². The summed E-state index contributed by atoms with van der Waals surface area (Å²) in [7, 11) is 0. The van der Waals surface area contributed by atoms with Crippen molar-refractivity contribution < 1.29 is 0 Å². The van der Waals surface area contributed by atoms with Crippen LogP contribution < -0.4 is 5.32 Å². The fourth-order valence-corrected chi connectivity index (χ4v) is 3.78. The summed E-state index contributed by atoms with van der Waals surface area (Å²) in [4.78, 5) is 2.72. The molecule has 0 spiro atoms. The van der Waals surface area contributed by atoms with Crippen molar-refractivity contribution in [2.45, 2.75) is 77.3 Å². The van der Waals surface area contributed by atoms with E-state index in [1.165, 1.54) is 71.0 Å². The molecule has 0 aromatic rings. The quantitative estimate of drug-likeness (QED) is 0.754. The van der Waals surface area contributed by atoms with E-state index >= 15 is 0 Å². The van der Waals surface area contributed by atoms with Crippen molar-refractivity contribution in [2.75, 3.05) is 19.6 Å². The summed E-state index contributed by atoms with van der Waals surface area (Å²) < 4.78 is 0. The van der Waals surface area contributed by atoms with Gasteiger partial charge in [-0.25, -0.2) is 0 Å². The molecule has 1 atom stereocenters. The van der Waals surface area contributed by atoms with E-state index in [0.29, 0.717) is 0 Å². The van der Waals surface area contributed by atoms with Crippen LogP contribution in [-0.4, -0.2) is 36.6 Å². The number of rotatable bonds is 5. The van der Waals surface area contributed by atoms with Crippen molar-refractivity contribution in [2.24, 2.45) is 5.92 Å². The molecule has 1 saturated heterocycles. The maximum atomic E-state index is 3.81. The molecule has 2 rings (SSSR count). The van der Waals surface area contributed by atoms with Crippen LogP contribution in [0.1, 0.15) is 65.2 Å².